The summed E-state index contributed by atoms with van der Waals surface area (Å²) in [5.41, 5.74) is 5.41. The van der Waals surface area contributed by atoms with Crippen molar-refractivity contribution in [3.8, 4) is 11.5 Å². The number of amides is 2. The van der Waals surface area contributed by atoms with E-state index in [0.717, 1.165) is 5.56 Å². The van der Waals surface area contributed by atoms with Gasteiger partial charge in [-0.1, -0.05) is 18.2 Å². The van der Waals surface area contributed by atoms with Crippen molar-refractivity contribution >= 4 is 34.8 Å². The summed E-state index contributed by atoms with van der Waals surface area (Å²) >= 11 is 4.90. The first-order chi connectivity index (χ1) is 13.8. The smallest absolute Gasteiger partial charge is 0.276 e. The Morgan fingerprint density at radius 3 is 2.31 bits per heavy atom. The minimum Gasteiger partial charge on any atom is -0.484 e. The third-order valence-electron chi connectivity index (χ3n) is 3.44. The van der Waals surface area contributed by atoms with E-state index in [0.29, 0.717) is 5.75 Å². The summed E-state index contributed by atoms with van der Waals surface area (Å²) in [4.78, 5) is 33.6. The van der Waals surface area contributed by atoms with Gasteiger partial charge in [0.2, 0.25) is 0 Å². The molecule has 0 aliphatic rings. The number of benzene rings is 2. The number of ether oxygens (including phenoxy) is 2. The Hall–Kier alpha value is -3.73. The first-order valence-corrected chi connectivity index (χ1v) is 8.70. The maximum atomic E-state index is 11.8. The summed E-state index contributed by atoms with van der Waals surface area (Å²) in [5, 5.41) is 12.8. The summed E-state index contributed by atoms with van der Waals surface area (Å²) in [6.07, 6.45) is 0. The number of nitro groups is 1. The molecule has 0 bridgehead atoms. The molecule has 11 heteroatoms. The van der Waals surface area contributed by atoms with Gasteiger partial charge < -0.3 is 9.47 Å². The molecule has 0 aromatic heterocycles. The number of rotatable bonds is 7. The first-order valence-electron chi connectivity index (χ1n) is 8.29. The molecule has 2 amide bonds. The lowest BCUT2D eigenvalue weighted by atomic mass is 10.2. The third-order valence-corrected chi connectivity index (χ3v) is 3.64. The van der Waals surface area contributed by atoms with Crippen molar-refractivity contribution in [3.63, 3.8) is 0 Å². The highest BCUT2D eigenvalue weighted by molar-refractivity contribution is 7.80. The summed E-state index contributed by atoms with van der Waals surface area (Å²) in [6, 6.07) is 12.5. The Balaban J connectivity index is 1.66. The van der Waals surface area contributed by atoms with Crippen LogP contribution in [-0.4, -0.2) is 35.1 Å². The number of nitro benzene ring substituents is 1. The Labute approximate surface area is 171 Å². The Bertz CT molecular complexity index is 903. The molecule has 0 fully saturated rings. The predicted octanol–water partition coefficient (Wildman–Crippen LogP) is 1.38. The van der Waals surface area contributed by atoms with E-state index in [1.165, 1.54) is 24.3 Å². The van der Waals surface area contributed by atoms with Crippen LogP contribution in [0.15, 0.2) is 48.5 Å². The molecule has 10 nitrogen and oxygen atoms in total. The highest BCUT2D eigenvalue weighted by Crippen LogP contribution is 2.17. The predicted molar refractivity (Wildman–Crippen MR) is 107 cm³/mol. The van der Waals surface area contributed by atoms with Crippen LogP contribution in [-0.2, 0) is 9.59 Å². The van der Waals surface area contributed by atoms with Gasteiger partial charge in [-0.2, -0.15) is 0 Å². The van der Waals surface area contributed by atoms with Gasteiger partial charge >= 0.3 is 0 Å². The highest BCUT2D eigenvalue weighted by atomic mass is 32.1. The molecule has 0 atom stereocenters. The van der Waals surface area contributed by atoms with Gasteiger partial charge in [-0.05, 0) is 42.9 Å². The minimum absolute atomic E-state index is 0.0871. The van der Waals surface area contributed by atoms with Crippen LogP contribution in [0.3, 0.4) is 0 Å². The summed E-state index contributed by atoms with van der Waals surface area (Å²) < 4.78 is 10.6. The maximum absolute atomic E-state index is 11.8. The molecule has 2 rings (SSSR count). The van der Waals surface area contributed by atoms with Crippen molar-refractivity contribution in [3.05, 3.63) is 64.2 Å². The van der Waals surface area contributed by atoms with Crippen molar-refractivity contribution in [1.29, 1.82) is 0 Å². The van der Waals surface area contributed by atoms with Gasteiger partial charge in [0.25, 0.3) is 17.5 Å². The van der Waals surface area contributed by atoms with Crippen LogP contribution in [0.1, 0.15) is 5.56 Å². The van der Waals surface area contributed by atoms with E-state index < -0.39 is 16.7 Å². The van der Waals surface area contributed by atoms with Crippen molar-refractivity contribution in [1.82, 2.24) is 16.2 Å². The number of hydrogen-bond acceptors (Lipinski definition) is 7. The molecular formula is C18H18N4O6S. The fourth-order valence-electron chi connectivity index (χ4n) is 2.03. The van der Waals surface area contributed by atoms with Gasteiger partial charge in [0.05, 0.1) is 4.92 Å². The van der Waals surface area contributed by atoms with Gasteiger partial charge in [0, 0.05) is 12.1 Å². The van der Waals surface area contributed by atoms with E-state index in [1.54, 1.807) is 12.1 Å². The van der Waals surface area contributed by atoms with Crippen molar-refractivity contribution in [2.24, 2.45) is 0 Å². The molecule has 0 aliphatic heterocycles. The lowest BCUT2D eigenvalue weighted by molar-refractivity contribution is -0.384. The van der Waals surface area contributed by atoms with Crippen LogP contribution in [0.2, 0.25) is 0 Å². The van der Waals surface area contributed by atoms with Gasteiger partial charge in [-0.3, -0.25) is 35.9 Å². The number of para-hydroxylation sites is 1. The Kier molecular flexibility index (Phi) is 7.86. The van der Waals surface area contributed by atoms with E-state index in [2.05, 4.69) is 16.2 Å². The molecule has 0 unspecified atom stereocenters. The van der Waals surface area contributed by atoms with Gasteiger partial charge in [0.15, 0.2) is 18.3 Å². The number of hydrogen-bond donors (Lipinski definition) is 3. The number of thiocarbonyl (C=S) groups is 1. The molecule has 3 N–H and O–H groups in total. The zero-order chi connectivity index (χ0) is 21.2. The lowest BCUT2D eigenvalue weighted by Crippen LogP contribution is -2.50. The van der Waals surface area contributed by atoms with E-state index in [4.69, 9.17) is 21.7 Å². The fourth-order valence-corrected chi connectivity index (χ4v) is 2.20. The normalized spacial score (nSPS) is 9.83. The summed E-state index contributed by atoms with van der Waals surface area (Å²) in [6.45, 7) is 1.25. The average Bonchev–Trinajstić information content (AvgIpc) is 2.70. The molecule has 2 aromatic rings. The number of hydrazine groups is 1. The second kappa shape index (κ2) is 10.6. The zero-order valence-corrected chi connectivity index (χ0v) is 16.2. The van der Waals surface area contributed by atoms with Crippen molar-refractivity contribution in [2.75, 3.05) is 13.2 Å². The molecule has 2 aromatic carbocycles. The quantitative estimate of drug-likeness (QED) is 0.349. The number of aryl methyl sites for hydroxylation is 1. The summed E-state index contributed by atoms with van der Waals surface area (Å²) in [7, 11) is 0. The van der Waals surface area contributed by atoms with Crippen LogP contribution >= 0.6 is 12.2 Å². The van der Waals surface area contributed by atoms with Crippen molar-refractivity contribution in [2.45, 2.75) is 6.92 Å². The molecule has 0 radical (unpaired) electrons. The summed E-state index contributed by atoms with van der Waals surface area (Å²) in [5.74, 6) is -0.202. The third kappa shape index (κ3) is 7.42. The molecule has 152 valence electrons. The molecule has 0 spiro atoms. The van der Waals surface area contributed by atoms with E-state index in [1.807, 2.05) is 19.1 Å². The number of carbonyl (C=O) groups is 2. The van der Waals surface area contributed by atoms with Crippen LogP contribution in [0, 0.1) is 17.0 Å². The van der Waals surface area contributed by atoms with E-state index in [9.17, 15) is 19.7 Å². The number of carbonyl (C=O) groups excluding carboxylic acids is 2. The van der Waals surface area contributed by atoms with E-state index >= 15 is 0 Å². The largest absolute Gasteiger partial charge is 0.484 e. The highest BCUT2D eigenvalue weighted by Gasteiger charge is 2.09. The van der Waals surface area contributed by atoms with Crippen LogP contribution in [0.4, 0.5) is 5.69 Å². The fraction of sp³-hybridized carbons (Fsp3) is 0.167. The Morgan fingerprint density at radius 2 is 1.66 bits per heavy atom. The average molecular weight is 418 g/mol. The molecule has 0 heterocycles. The second-order valence-electron chi connectivity index (χ2n) is 5.64. The topological polar surface area (TPSA) is 132 Å². The van der Waals surface area contributed by atoms with Gasteiger partial charge in [0.1, 0.15) is 11.5 Å². The molecule has 0 saturated heterocycles. The van der Waals surface area contributed by atoms with Crippen LogP contribution < -0.4 is 25.6 Å². The van der Waals surface area contributed by atoms with Gasteiger partial charge in [-0.15, -0.1) is 0 Å². The molecule has 0 saturated carbocycles. The number of nitrogens with one attached hydrogen (secondary N) is 3. The molecule has 0 aliphatic carbocycles. The monoisotopic (exact) mass is 418 g/mol. The molecule has 29 heavy (non-hydrogen) atoms. The minimum atomic E-state index is -0.573. The van der Waals surface area contributed by atoms with Gasteiger partial charge in [-0.25, -0.2) is 0 Å². The molecular weight excluding hydrogens is 400 g/mol. The van der Waals surface area contributed by atoms with Crippen LogP contribution in [0.5, 0.6) is 11.5 Å². The standard InChI is InChI=1S/C18H18N4O6S/c1-12-4-2-3-5-15(12)28-10-16(23)19-18(29)21-20-17(24)11-27-14-8-6-13(7-9-14)22(25)26/h2-9H,10-11H2,1H3,(H,20,24)(H2,19,21,23,29). The zero-order valence-electron chi connectivity index (χ0n) is 15.3. The number of non-ortho nitro benzene ring substituents is 1. The van der Waals surface area contributed by atoms with E-state index in [-0.39, 0.29) is 29.8 Å². The second-order valence-corrected chi connectivity index (χ2v) is 6.05. The first kappa shape index (κ1) is 21.6. The maximum Gasteiger partial charge on any atom is 0.276 e. The lowest BCUT2D eigenvalue weighted by Gasteiger charge is -2.12. The Morgan fingerprint density at radius 1 is 1.00 bits per heavy atom. The van der Waals surface area contributed by atoms with Crippen LogP contribution in [0.25, 0.3) is 0 Å². The number of nitrogens with zero attached hydrogens (tertiary/aromatic N) is 1. The SMILES string of the molecule is Cc1ccccc1OCC(=O)NC(=S)NNC(=O)COc1ccc([N+](=O)[O-])cc1. The van der Waals surface area contributed by atoms with Crippen molar-refractivity contribution < 1.29 is 24.0 Å².